The Bertz CT molecular complexity index is 311. The summed E-state index contributed by atoms with van der Waals surface area (Å²) in [7, 11) is 0. The predicted molar refractivity (Wildman–Crippen MR) is 64.2 cm³/mol. The molecule has 0 atom stereocenters. The zero-order chi connectivity index (χ0) is 11.8. The summed E-state index contributed by atoms with van der Waals surface area (Å²) in [6, 6.07) is 0. The van der Waals surface area contributed by atoms with Crippen molar-refractivity contribution in [3.05, 3.63) is 33.9 Å². The van der Waals surface area contributed by atoms with Gasteiger partial charge in [-0.1, -0.05) is 42.6 Å². The van der Waals surface area contributed by atoms with Crippen molar-refractivity contribution < 1.29 is 9.90 Å². The molecule has 2 nitrogen and oxygen atoms in total. The molecule has 0 spiro atoms. The van der Waals surface area contributed by atoms with E-state index in [2.05, 4.69) is 0 Å². The number of allylic oxidation sites excluding steroid dienone is 4. The van der Waals surface area contributed by atoms with Gasteiger partial charge in [0.05, 0.1) is 10.6 Å². The zero-order valence-corrected chi connectivity index (χ0v) is 10.3. The van der Waals surface area contributed by atoms with Crippen molar-refractivity contribution in [2.75, 3.05) is 0 Å². The maximum Gasteiger partial charge on any atom is 0.337 e. The lowest BCUT2D eigenvalue weighted by Gasteiger charge is -1.99. The number of hydrogen-bond acceptors (Lipinski definition) is 1. The first-order chi connectivity index (χ1) is 6.99. The van der Waals surface area contributed by atoms with Gasteiger partial charge in [0.2, 0.25) is 0 Å². The summed E-state index contributed by atoms with van der Waals surface area (Å²) in [5.74, 6) is -1.05. The largest absolute Gasteiger partial charge is 0.478 e. The number of unbranched alkanes of at least 4 members (excludes halogenated alkanes) is 1. The summed E-state index contributed by atoms with van der Waals surface area (Å²) >= 11 is 11.4. The third-order valence-electron chi connectivity index (χ3n) is 1.58. The number of halogens is 2. The van der Waals surface area contributed by atoms with Crippen LogP contribution in [0.4, 0.5) is 0 Å². The number of hydrogen-bond donors (Lipinski definition) is 1. The topological polar surface area (TPSA) is 37.3 Å². The molecule has 0 radical (unpaired) electrons. The molecule has 0 aliphatic rings. The second kappa shape index (κ2) is 7.55. The first-order valence-corrected chi connectivity index (χ1v) is 5.38. The maximum absolute atomic E-state index is 10.9. The fourth-order valence-electron chi connectivity index (χ4n) is 0.832. The van der Waals surface area contributed by atoms with Crippen LogP contribution in [0, 0.1) is 0 Å². The Hall–Kier alpha value is -0.730. The Morgan fingerprint density at radius 3 is 2.33 bits per heavy atom. The molecule has 0 aromatic carbocycles. The highest BCUT2D eigenvalue weighted by Gasteiger charge is 2.09. The van der Waals surface area contributed by atoms with E-state index >= 15 is 0 Å². The van der Waals surface area contributed by atoms with E-state index in [0.717, 1.165) is 12.8 Å². The minimum Gasteiger partial charge on any atom is -0.478 e. The molecule has 0 rings (SSSR count). The highest BCUT2D eigenvalue weighted by Crippen LogP contribution is 2.17. The van der Waals surface area contributed by atoms with E-state index < -0.39 is 5.97 Å². The van der Waals surface area contributed by atoms with Gasteiger partial charge in [-0.3, -0.25) is 0 Å². The minimum atomic E-state index is -1.05. The number of carbonyl (C=O) groups is 1. The number of carboxylic acids is 1. The third kappa shape index (κ3) is 6.37. The fourth-order valence-corrected chi connectivity index (χ4v) is 1.15. The summed E-state index contributed by atoms with van der Waals surface area (Å²) in [6.45, 7) is 3.66. The fraction of sp³-hybridized carbons (Fsp3) is 0.364. The van der Waals surface area contributed by atoms with Crippen LogP contribution in [-0.4, -0.2) is 11.1 Å². The lowest BCUT2D eigenvalue weighted by Crippen LogP contribution is -2.00. The Morgan fingerprint density at radius 2 is 1.93 bits per heavy atom. The molecule has 0 unspecified atom stereocenters. The summed E-state index contributed by atoms with van der Waals surface area (Å²) in [5, 5.41) is 9.65. The standard InChI is InChI=1S/C11H14Cl2O2/c1-3-4-5-10(13)9(11(14)15)7-6-8(2)12/h5-7H,3-4H2,1-2H3,(H,14,15)/b8-6+,9-7+,10-5-. The van der Waals surface area contributed by atoms with Crippen molar-refractivity contribution in [1.82, 2.24) is 0 Å². The molecule has 0 bridgehead atoms. The van der Waals surface area contributed by atoms with Crippen molar-refractivity contribution in [3.63, 3.8) is 0 Å². The van der Waals surface area contributed by atoms with Gasteiger partial charge in [0.1, 0.15) is 0 Å². The maximum atomic E-state index is 10.9. The third-order valence-corrected chi connectivity index (χ3v) is 2.06. The molecule has 0 fully saturated rings. The van der Waals surface area contributed by atoms with Crippen LogP contribution in [0.2, 0.25) is 0 Å². The number of carboxylic acid groups (broad SMARTS) is 1. The second-order valence-electron chi connectivity index (χ2n) is 2.98. The van der Waals surface area contributed by atoms with E-state index in [0.29, 0.717) is 5.03 Å². The summed E-state index contributed by atoms with van der Waals surface area (Å²) in [4.78, 5) is 10.9. The van der Waals surface area contributed by atoms with Crippen LogP contribution in [0.1, 0.15) is 26.7 Å². The Labute approximate surface area is 99.9 Å². The van der Waals surface area contributed by atoms with Gasteiger partial charge < -0.3 is 5.11 Å². The SMILES string of the molecule is CCC/C=C(Cl)/C(=C\C=C(/C)Cl)C(=O)O. The highest BCUT2D eigenvalue weighted by molar-refractivity contribution is 6.35. The van der Waals surface area contributed by atoms with Crippen molar-refractivity contribution in [3.8, 4) is 0 Å². The molecule has 15 heavy (non-hydrogen) atoms. The lowest BCUT2D eigenvalue weighted by atomic mass is 10.2. The molecule has 84 valence electrons. The van der Waals surface area contributed by atoms with Crippen LogP contribution in [0.3, 0.4) is 0 Å². The molecular formula is C11H14Cl2O2. The molecule has 0 saturated carbocycles. The van der Waals surface area contributed by atoms with E-state index in [1.54, 1.807) is 13.0 Å². The van der Waals surface area contributed by atoms with Crippen molar-refractivity contribution in [2.24, 2.45) is 0 Å². The van der Waals surface area contributed by atoms with Gasteiger partial charge in [0.15, 0.2) is 0 Å². The van der Waals surface area contributed by atoms with Gasteiger partial charge in [0, 0.05) is 5.03 Å². The molecule has 0 saturated heterocycles. The highest BCUT2D eigenvalue weighted by atomic mass is 35.5. The van der Waals surface area contributed by atoms with Crippen LogP contribution >= 0.6 is 23.2 Å². The second-order valence-corrected chi connectivity index (χ2v) is 3.98. The van der Waals surface area contributed by atoms with Crippen LogP contribution in [0.5, 0.6) is 0 Å². The Morgan fingerprint density at radius 1 is 1.33 bits per heavy atom. The van der Waals surface area contributed by atoms with Crippen molar-refractivity contribution in [2.45, 2.75) is 26.7 Å². The molecule has 0 aliphatic heterocycles. The van der Waals surface area contributed by atoms with Crippen LogP contribution in [0.25, 0.3) is 0 Å². The van der Waals surface area contributed by atoms with E-state index in [1.807, 2.05) is 6.92 Å². The van der Waals surface area contributed by atoms with Gasteiger partial charge in [-0.15, -0.1) is 0 Å². The summed E-state index contributed by atoms with van der Waals surface area (Å²) in [5.41, 5.74) is 0.0603. The first-order valence-electron chi connectivity index (χ1n) is 4.62. The van der Waals surface area contributed by atoms with Crippen molar-refractivity contribution in [1.29, 1.82) is 0 Å². The average Bonchev–Trinajstić information content (AvgIpc) is 2.13. The molecule has 0 aliphatic carbocycles. The normalized spacial score (nSPS) is 14.3. The van der Waals surface area contributed by atoms with E-state index in [4.69, 9.17) is 28.3 Å². The van der Waals surface area contributed by atoms with Crippen LogP contribution in [-0.2, 0) is 4.79 Å². The molecule has 0 aromatic heterocycles. The Kier molecular flexibility index (Phi) is 7.18. The monoisotopic (exact) mass is 248 g/mol. The minimum absolute atomic E-state index is 0.0603. The molecule has 0 aromatic rings. The summed E-state index contributed by atoms with van der Waals surface area (Å²) in [6.07, 6.45) is 6.28. The van der Waals surface area contributed by atoms with E-state index in [9.17, 15) is 4.79 Å². The lowest BCUT2D eigenvalue weighted by molar-refractivity contribution is -0.132. The molecular weight excluding hydrogens is 235 g/mol. The van der Waals surface area contributed by atoms with Gasteiger partial charge in [-0.2, -0.15) is 0 Å². The van der Waals surface area contributed by atoms with Crippen LogP contribution in [0.15, 0.2) is 33.9 Å². The van der Waals surface area contributed by atoms with Gasteiger partial charge >= 0.3 is 5.97 Å². The number of aliphatic carboxylic acids is 1. The molecule has 0 amide bonds. The molecule has 1 N–H and O–H groups in total. The average molecular weight is 249 g/mol. The molecule has 4 heteroatoms. The smallest absolute Gasteiger partial charge is 0.337 e. The molecule has 0 heterocycles. The van der Waals surface area contributed by atoms with Crippen molar-refractivity contribution >= 4 is 29.2 Å². The van der Waals surface area contributed by atoms with E-state index in [1.165, 1.54) is 12.2 Å². The predicted octanol–water partition coefficient (Wildman–Crippen LogP) is 4.06. The first kappa shape index (κ1) is 14.3. The Balaban J connectivity index is 4.90. The summed E-state index contributed by atoms with van der Waals surface area (Å²) < 4.78 is 0. The van der Waals surface area contributed by atoms with Gasteiger partial charge in [0.25, 0.3) is 0 Å². The quantitative estimate of drug-likeness (QED) is 0.589. The zero-order valence-electron chi connectivity index (χ0n) is 8.76. The van der Waals surface area contributed by atoms with Gasteiger partial charge in [-0.25, -0.2) is 4.79 Å². The van der Waals surface area contributed by atoms with Gasteiger partial charge in [-0.05, 0) is 25.5 Å². The van der Waals surface area contributed by atoms with E-state index in [-0.39, 0.29) is 10.6 Å². The number of rotatable bonds is 5. The van der Waals surface area contributed by atoms with Crippen LogP contribution < -0.4 is 0 Å².